The molecule has 1 amide bonds. The number of carbonyl (C=O) groups is 1. The van der Waals surface area contributed by atoms with E-state index in [1.54, 1.807) is 24.9 Å². The van der Waals surface area contributed by atoms with Gasteiger partial charge >= 0.3 is 0 Å². The van der Waals surface area contributed by atoms with E-state index in [-0.39, 0.29) is 5.91 Å². The van der Waals surface area contributed by atoms with Crippen molar-refractivity contribution < 1.29 is 4.79 Å². The van der Waals surface area contributed by atoms with Gasteiger partial charge in [0.1, 0.15) is 5.52 Å². The van der Waals surface area contributed by atoms with Gasteiger partial charge in [-0.2, -0.15) is 0 Å². The van der Waals surface area contributed by atoms with Gasteiger partial charge in [0, 0.05) is 37.6 Å². The van der Waals surface area contributed by atoms with Crippen LogP contribution in [-0.4, -0.2) is 43.4 Å². The van der Waals surface area contributed by atoms with Gasteiger partial charge in [-0.3, -0.25) is 9.78 Å². The Labute approximate surface area is 162 Å². The molecule has 0 aliphatic carbocycles. The molecule has 0 radical (unpaired) electrons. The molecule has 1 saturated heterocycles. The summed E-state index contributed by atoms with van der Waals surface area (Å²) in [5.41, 5.74) is 4.54. The highest BCUT2D eigenvalue weighted by molar-refractivity contribution is 5.97. The van der Waals surface area contributed by atoms with Crippen molar-refractivity contribution in [2.75, 3.05) is 13.1 Å². The van der Waals surface area contributed by atoms with Crippen molar-refractivity contribution in [3.05, 3.63) is 90.1 Å². The Hall–Kier alpha value is -3.54. The van der Waals surface area contributed by atoms with Gasteiger partial charge in [-0.25, -0.2) is 9.97 Å². The standard InChI is InChI=1S/C22H19N5O/c28-22(26-13-19(14-26)17-6-8-23-9-7-17)18-10-20-21(24-11-18)27(15-25-20)12-16-4-2-1-3-5-16/h1-11,15,19H,12-14H2. The molecule has 0 saturated carbocycles. The van der Waals surface area contributed by atoms with E-state index >= 15 is 0 Å². The van der Waals surface area contributed by atoms with E-state index in [4.69, 9.17) is 0 Å². The molecule has 28 heavy (non-hydrogen) atoms. The summed E-state index contributed by atoms with van der Waals surface area (Å²) >= 11 is 0. The number of likely N-dealkylation sites (tertiary alicyclic amines) is 1. The number of amides is 1. The Morgan fingerprint density at radius 3 is 2.61 bits per heavy atom. The predicted molar refractivity (Wildman–Crippen MR) is 106 cm³/mol. The normalized spacial score (nSPS) is 14.2. The van der Waals surface area contributed by atoms with Gasteiger partial charge in [0.05, 0.1) is 18.4 Å². The van der Waals surface area contributed by atoms with Gasteiger partial charge in [0.15, 0.2) is 5.65 Å². The second-order valence-corrected chi connectivity index (χ2v) is 7.11. The van der Waals surface area contributed by atoms with Crippen molar-refractivity contribution in [1.82, 2.24) is 24.4 Å². The lowest BCUT2D eigenvalue weighted by atomic mass is 9.92. The van der Waals surface area contributed by atoms with Crippen LogP contribution in [0.2, 0.25) is 0 Å². The number of pyridine rings is 2. The van der Waals surface area contributed by atoms with Crippen LogP contribution < -0.4 is 0 Å². The molecule has 1 aromatic carbocycles. The Morgan fingerprint density at radius 1 is 1.04 bits per heavy atom. The lowest BCUT2D eigenvalue weighted by molar-refractivity contribution is 0.0602. The zero-order chi connectivity index (χ0) is 18.9. The van der Waals surface area contributed by atoms with Crippen LogP contribution in [0.25, 0.3) is 11.2 Å². The number of hydrogen-bond donors (Lipinski definition) is 0. The van der Waals surface area contributed by atoms with E-state index in [0.29, 0.717) is 18.0 Å². The molecule has 0 N–H and O–H groups in total. The number of carbonyl (C=O) groups excluding carboxylic acids is 1. The highest BCUT2D eigenvalue weighted by atomic mass is 16.2. The van der Waals surface area contributed by atoms with Crippen molar-refractivity contribution in [2.45, 2.75) is 12.5 Å². The molecule has 6 nitrogen and oxygen atoms in total. The van der Waals surface area contributed by atoms with Gasteiger partial charge < -0.3 is 9.47 Å². The van der Waals surface area contributed by atoms with Gasteiger partial charge in [-0.05, 0) is 29.3 Å². The molecule has 3 aromatic heterocycles. The Morgan fingerprint density at radius 2 is 1.82 bits per heavy atom. The monoisotopic (exact) mass is 369 g/mol. The van der Waals surface area contributed by atoms with E-state index in [1.807, 2.05) is 45.9 Å². The molecular weight excluding hydrogens is 350 g/mol. The van der Waals surface area contributed by atoms with Crippen LogP contribution in [-0.2, 0) is 6.54 Å². The molecule has 0 unspecified atom stereocenters. The largest absolute Gasteiger partial charge is 0.337 e. The van der Waals surface area contributed by atoms with E-state index in [2.05, 4.69) is 27.1 Å². The maximum Gasteiger partial charge on any atom is 0.255 e. The minimum Gasteiger partial charge on any atom is -0.337 e. The van der Waals surface area contributed by atoms with Crippen LogP contribution in [0.4, 0.5) is 0 Å². The van der Waals surface area contributed by atoms with Gasteiger partial charge in [0.25, 0.3) is 5.91 Å². The first-order chi connectivity index (χ1) is 13.8. The number of aromatic nitrogens is 4. The van der Waals surface area contributed by atoms with Crippen LogP contribution >= 0.6 is 0 Å². The third kappa shape index (κ3) is 3.03. The third-order valence-corrected chi connectivity index (χ3v) is 5.24. The first kappa shape index (κ1) is 16.6. The van der Waals surface area contributed by atoms with Crippen LogP contribution in [0.1, 0.15) is 27.4 Å². The summed E-state index contributed by atoms with van der Waals surface area (Å²) in [6.45, 7) is 2.16. The molecule has 1 fully saturated rings. The summed E-state index contributed by atoms with van der Waals surface area (Å²) in [6.07, 6.45) is 7.03. The average molecular weight is 369 g/mol. The number of nitrogens with zero attached hydrogens (tertiary/aromatic N) is 5. The second kappa shape index (κ2) is 6.88. The lowest BCUT2D eigenvalue weighted by Crippen LogP contribution is -2.48. The maximum atomic E-state index is 12.8. The van der Waals surface area contributed by atoms with Crippen molar-refractivity contribution in [2.24, 2.45) is 0 Å². The number of benzene rings is 1. The summed E-state index contributed by atoms with van der Waals surface area (Å²) < 4.78 is 2.00. The SMILES string of the molecule is O=C(c1cnc2c(c1)ncn2Cc1ccccc1)N1CC(c2ccncc2)C1. The van der Waals surface area contributed by atoms with Crippen molar-refractivity contribution >= 4 is 17.1 Å². The Bertz CT molecular complexity index is 1120. The third-order valence-electron chi connectivity index (χ3n) is 5.24. The topological polar surface area (TPSA) is 63.9 Å². The smallest absolute Gasteiger partial charge is 0.255 e. The second-order valence-electron chi connectivity index (χ2n) is 7.11. The molecule has 4 aromatic rings. The fourth-order valence-corrected chi connectivity index (χ4v) is 3.64. The van der Waals surface area contributed by atoms with Crippen molar-refractivity contribution in [1.29, 1.82) is 0 Å². The minimum atomic E-state index is 0.0114. The van der Waals surface area contributed by atoms with Gasteiger partial charge in [-0.1, -0.05) is 30.3 Å². The molecule has 138 valence electrons. The van der Waals surface area contributed by atoms with E-state index < -0.39 is 0 Å². The molecule has 1 aliphatic rings. The predicted octanol–water partition coefficient (Wildman–Crippen LogP) is 3.11. The number of hydrogen-bond acceptors (Lipinski definition) is 4. The van der Waals surface area contributed by atoms with Crippen LogP contribution in [0.3, 0.4) is 0 Å². The van der Waals surface area contributed by atoms with Crippen molar-refractivity contribution in [3.8, 4) is 0 Å². The summed E-state index contributed by atoms with van der Waals surface area (Å²) in [4.78, 5) is 27.7. The van der Waals surface area contributed by atoms with Gasteiger partial charge in [0.2, 0.25) is 0 Å². The van der Waals surface area contributed by atoms with E-state index in [1.165, 1.54) is 11.1 Å². The minimum absolute atomic E-state index is 0.0114. The summed E-state index contributed by atoms with van der Waals surface area (Å²) in [6, 6.07) is 16.1. The molecule has 1 aliphatic heterocycles. The number of imidazole rings is 1. The fourth-order valence-electron chi connectivity index (χ4n) is 3.64. The van der Waals surface area contributed by atoms with Crippen molar-refractivity contribution in [3.63, 3.8) is 0 Å². The molecule has 5 rings (SSSR count). The lowest BCUT2D eigenvalue weighted by Gasteiger charge is -2.39. The molecule has 0 bridgehead atoms. The first-order valence-corrected chi connectivity index (χ1v) is 9.32. The molecule has 0 spiro atoms. The van der Waals surface area contributed by atoms with Crippen LogP contribution in [0, 0.1) is 0 Å². The number of rotatable bonds is 4. The molecular formula is C22H19N5O. The Balaban J connectivity index is 1.31. The number of fused-ring (bicyclic) bond motifs is 1. The Kier molecular flexibility index (Phi) is 4.09. The highest BCUT2D eigenvalue weighted by Crippen LogP contribution is 2.28. The maximum absolute atomic E-state index is 12.8. The molecule has 4 heterocycles. The average Bonchev–Trinajstić information content (AvgIpc) is 3.10. The van der Waals surface area contributed by atoms with E-state index in [0.717, 1.165) is 24.3 Å². The van der Waals surface area contributed by atoms with Crippen LogP contribution in [0.15, 0.2) is 73.4 Å². The highest BCUT2D eigenvalue weighted by Gasteiger charge is 2.32. The summed E-state index contributed by atoms with van der Waals surface area (Å²) in [5, 5.41) is 0. The zero-order valence-electron chi connectivity index (χ0n) is 15.3. The quantitative estimate of drug-likeness (QED) is 0.554. The zero-order valence-corrected chi connectivity index (χ0v) is 15.3. The van der Waals surface area contributed by atoms with Gasteiger partial charge in [-0.15, -0.1) is 0 Å². The fraction of sp³-hybridized carbons (Fsp3) is 0.182. The summed E-state index contributed by atoms with van der Waals surface area (Å²) in [7, 11) is 0. The molecule has 6 heteroatoms. The molecule has 0 atom stereocenters. The van der Waals surface area contributed by atoms with E-state index in [9.17, 15) is 4.79 Å². The first-order valence-electron chi connectivity index (χ1n) is 9.32. The summed E-state index contributed by atoms with van der Waals surface area (Å²) in [5.74, 6) is 0.394. The van der Waals surface area contributed by atoms with Crippen LogP contribution in [0.5, 0.6) is 0 Å².